The first kappa shape index (κ1) is 16.6. The molecule has 0 saturated heterocycles. The summed E-state index contributed by atoms with van der Waals surface area (Å²) >= 11 is 0. The molecular weight excluding hydrogens is 319 g/mol. The van der Waals surface area contributed by atoms with E-state index in [0.717, 1.165) is 11.1 Å². The SMILES string of the molecule is Cc1ccccc1CO/N=C/c1ccc(Oc2ccc(F)cc2)nc1. The summed E-state index contributed by atoms with van der Waals surface area (Å²) in [4.78, 5) is 9.50. The van der Waals surface area contributed by atoms with E-state index < -0.39 is 0 Å². The van der Waals surface area contributed by atoms with E-state index in [1.165, 1.54) is 17.7 Å². The number of hydrogen-bond acceptors (Lipinski definition) is 4. The third kappa shape index (κ3) is 4.88. The smallest absolute Gasteiger partial charge is 0.219 e. The molecule has 126 valence electrons. The van der Waals surface area contributed by atoms with Gasteiger partial charge < -0.3 is 9.57 Å². The van der Waals surface area contributed by atoms with E-state index in [1.54, 1.807) is 30.6 Å². The number of benzene rings is 2. The highest BCUT2D eigenvalue weighted by Gasteiger charge is 2.00. The molecule has 4 nitrogen and oxygen atoms in total. The lowest BCUT2D eigenvalue weighted by molar-refractivity contribution is 0.131. The van der Waals surface area contributed by atoms with Gasteiger partial charge in [-0.25, -0.2) is 9.37 Å². The molecule has 25 heavy (non-hydrogen) atoms. The van der Waals surface area contributed by atoms with Gasteiger partial charge in [0, 0.05) is 17.8 Å². The van der Waals surface area contributed by atoms with E-state index in [0.29, 0.717) is 18.2 Å². The van der Waals surface area contributed by atoms with Crippen LogP contribution < -0.4 is 4.74 Å². The zero-order valence-corrected chi connectivity index (χ0v) is 13.7. The van der Waals surface area contributed by atoms with Crippen LogP contribution in [0, 0.1) is 12.7 Å². The van der Waals surface area contributed by atoms with Crippen molar-refractivity contribution in [2.45, 2.75) is 13.5 Å². The Morgan fingerprint density at radius 2 is 1.84 bits per heavy atom. The minimum Gasteiger partial charge on any atom is -0.439 e. The van der Waals surface area contributed by atoms with Crippen molar-refractivity contribution in [3.05, 3.63) is 89.4 Å². The van der Waals surface area contributed by atoms with Gasteiger partial charge in [0.15, 0.2) is 0 Å². The number of ether oxygens (including phenoxy) is 1. The summed E-state index contributed by atoms with van der Waals surface area (Å²) in [5.41, 5.74) is 3.05. The van der Waals surface area contributed by atoms with Crippen LogP contribution in [0.4, 0.5) is 4.39 Å². The van der Waals surface area contributed by atoms with Crippen molar-refractivity contribution < 1.29 is 14.0 Å². The molecule has 3 aromatic rings. The molecule has 0 aliphatic rings. The quantitative estimate of drug-likeness (QED) is 0.476. The van der Waals surface area contributed by atoms with Crippen molar-refractivity contribution in [3.63, 3.8) is 0 Å². The Morgan fingerprint density at radius 1 is 1.04 bits per heavy atom. The van der Waals surface area contributed by atoms with Gasteiger partial charge >= 0.3 is 0 Å². The molecule has 0 radical (unpaired) electrons. The van der Waals surface area contributed by atoms with Crippen LogP contribution in [0.25, 0.3) is 0 Å². The molecule has 5 heteroatoms. The monoisotopic (exact) mass is 336 g/mol. The van der Waals surface area contributed by atoms with E-state index in [9.17, 15) is 4.39 Å². The van der Waals surface area contributed by atoms with E-state index in [-0.39, 0.29) is 5.82 Å². The first-order chi connectivity index (χ1) is 12.2. The first-order valence-corrected chi connectivity index (χ1v) is 7.80. The summed E-state index contributed by atoms with van der Waals surface area (Å²) < 4.78 is 18.4. The highest BCUT2D eigenvalue weighted by Crippen LogP contribution is 2.19. The maximum Gasteiger partial charge on any atom is 0.219 e. The fourth-order valence-electron chi connectivity index (χ4n) is 2.13. The van der Waals surface area contributed by atoms with Crippen LogP contribution in [0.2, 0.25) is 0 Å². The summed E-state index contributed by atoms with van der Waals surface area (Å²) in [6, 6.07) is 17.3. The van der Waals surface area contributed by atoms with Gasteiger partial charge in [0.25, 0.3) is 0 Å². The molecule has 0 bridgehead atoms. The third-order valence-corrected chi connectivity index (χ3v) is 3.55. The van der Waals surface area contributed by atoms with Gasteiger partial charge in [0.2, 0.25) is 5.88 Å². The normalized spacial score (nSPS) is 10.8. The number of aromatic nitrogens is 1. The Balaban J connectivity index is 1.53. The average Bonchev–Trinajstić information content (AvgIpc) is 2.63. The number of nitrogens with zero attached hydrogens (tertiary/aromatic N) is 2. The zero-order chi connectivity index (χ0) is 17.5. The predicted octanol–water partition coefficient (Wildman–Crippen LogP) is 4.87. The predicted molar refractivity (Wildman–Crippen MR) is 94.3 cm³/mol. The Kier molecular flexibility index (Phi) is 5.36. The van der Waals surface area contributed by atoms with Crippen molar-refractivity contribution in [3.8, 4) is 11.6 Å². The fraction of sp³-hybridized carbons (Fsp3) is 0.100. The molecule has 0 spiro atoms. The maximum atomic E-state index is 12.9. The van der Waals surface area contributed by atoms with Crippen molar-refractivity contribution >= 4 is 6.21 Å². The van der Waals surface area contributed by atoms with Crippen LogP contribution in [0.1, 0.15) is 16.7 Å². The lowest BCUT2D eigenvalue weighted by atomic mass is 10.1. The van der Waals surface area contributed by atoms with E-state index in [2.05, 4.69) is 10.1 Å². The van der Waals surface area contributed by atoms with Crippen molar-refractivity contribution in [1.82, 2.24) is 4.98 Å². The Bertz CT molecular complexity index is 846. The lowest BCUT2D eigenvalue weighted by Crippen LogP contribution is -1.92. The Hall–Kier alpha value is -3.21. The van der Waals surface area contributed by atoms with Crippen molar-refractivity contribution in [2.24, 2.45) is 5.16 Å². The van der Waals surface area contributed by atoms with Gasteiger partial charge in [-0.15, -0.1) is 0 Å². The van der Waals surface area contributed by atoms with Gasteiger partial charge in [-0.2, -0.15) is 0 Å². The first-order valence-electron chi connectivity index (χ1n) is 7.80. The van der Waals surface area contributed by atoms with Crippen molar-refractivity contribution in [2.75, 3.05) is 0 Å². The summed E-state index contributed by atoms with van der Waals surface area (Å²) in [6.07, 6.45) is 3.21. The summed E-state index contributed by atoms with van der Waals surface area (Å²) in [7, 11) is 0. The largest absolute Gasteiger partial charge is 0.439 e. The van der Waals surface area contributed by atoms with Gasteiger partial charge in [-0.3, -0.25) is 0 Å². The minimum atomic E-state index is -0.308. The number of halogens is 1. The number of aryl methyl sites for hydroxylation is 1. The standard InChI is InChI=1S/C20H17FN2O2/c1-15-4-2-3-5-17(15)14-24-23-13-16-6-11-20(22-12-16)25-19-9-7-18(21)8-10-19/h2-13H,14H2,1H3/b23-13+. The van der Waals surface area contributed by atoms with E-state index in [1.807, 2.05) is 37.3 Å². The highest BCUT2D eigenvalue weighted by molar-refractivity contribution is 5.78. The second kappa shape index (κ2) is 8.06. The topological polar surface area (TPSA) is 43.7 Å². The molecule has 0 aliphatic heterocycles. The highest BCUT2D eigenvalue weighted by atomic mass is 19.1. The molecule has 0 atom stereocenters. The summed E-state index contributed by atoms with van der Waals surface area (Å²) in [6.45, 7) is 2.45. The van der Waals surface area contributed by atoms with Crippen molar-refractivity contribution in [1.29, 1.82) is 0 Å². The maximum absolute atomic E-state index is 12.9. The van der Waals surface area contributed by atoms with Gasteiger partial charge in [-0.05, 0) is 48.4 Å². The van der Waals surface area contributed by atoms with Gasteiger partial charge in [-0.1, -0.05) is 29.4 Å². The Morgan fingerprint density at radius 3 is 2.56 bits per heavy atom. The number of rotatable bonds is 6. The van der Waals surface area contributed by atoms with Crippen LogP contribution in [-0.2, 0) is 11.4 Å². The molecule has 3 rings (SSSR count). The number of pyridine rings is 1. The average molecular weight is 336 g/mol. The second-order valence-corrected chi connectivity index (χ2v) is 5.42. The van der Waals surface area contributed by atoms with E-state index in [4.69, 9.17) is 9.57 Å². The molecular formula is C20H17FN2O2. The van der Waals surface area contributed by atoms with Crippen LogP contribution in [0.3, 0.4) is 0 Å². The van der Waals surface area contributed by atoms with Crippen LogP contribution in [0.5, 0.6) is 11.6 Å². The van der Waals surface area contributed by atoms with Crippen LogP contribution >= 0.6 is 0 Å². The molecule has 1 aromatic heterocycles. The summed E-state index contributed by atoms with van der Waals surface area (Å²) in [5, 5.41) is 3.95. The molecule has 2 aromatic carbocycles. The number of hydrogen-bond donors (Lipinski definition) is 0. The van der Waals surface area contributed by atoms with Gasteiger partial charge in [0.05, 0.1) is 6.21 Å². The Labute approximate surface area is 145 Å². The third-order valence-electron chi connectivity index (χ3n) is 3.55. The van der Waals surface area contributed by atoms with Crippen LogP contribution in [0.15, 0.2) is 72.0 Å². The fourth-order valence-corrected chi connectivity index (χ4v) is 2.13. The molecule has 0 aliphatic carbocycles. The summed E-state index contributed by atoms with van der Waals surface area (Å²) in [5.74, 6) is 0.638. The zero-order valence-electron chi connectivity index (χ0n) is 13.7. The van der Waals surface area contributed by atoms with Gasteiger partial charge in [0.1, 0.15) is 18.2 Å². The van der Waals surface area contributed by atoms with E-state index >= 15 is 0 Å². The molecule has 0 saturated carbocycles. The lowest BCUT2D eigenvalue weighted by Gasteiger charge is -2.04. The number of oxime groups is 1. The minimum absolute atomic E-state index is 0.308. The molecule has 0 N–H and O–H groups in total. The molecule has 0 fully saturated rings. The van der Waals surface area contributed by atoms with Crippen LogP contribution in [-0.4, -0.2) is 11.2 Å². The molecule has 0 unspecified atom stereocenters. The second-order valence-electron chi connectivity index (χ2n) is 5.42. The molecule has 1 heterocycles. The molecule has 0 amide bonds.